The zero-order chi connectivity index (χ0) is 18.4. The molecule has 2 amide bonds. The van der Waals surface area contributed by atoms with Crippen LogP contribution in [0.3, 0.4) is 0 Å². The van der Waals surface area contributed by atoms with Crippen molar-refractivity contribution in [3.8, 4) is 0 Å². The van der Waals surface area contributed by atoms with Crippen LogP contribution in [0.2, 0.25) is 0 Å². The van der Waals surface area contributed by atoms with Gasteiger partial charge in [-0.15, -0.1) is 0 Å². The summed E-state index contributed by atoms with van der Waals surface area (Å²) in [5.41, 5.74) is 1.33. The van der Waals surface area contributed by atoms with Gasteiger partial charge in [0.1, 0.15) is 18.1 Å². The summed E-state index contributed by atoms with van der Waals surface area (Å²) in [5.74, 6) is 0.271. The number of anilines is 1. The zero-order valence-corrected chi connectivity index (χ0v) is 14.6. The number of carbonyl (C=O) groups excluding carboxylic acids is 2. The van der Waals surface area contributed by atoms with Gasteiger partial charge in [-0.2, -0.15) is 0 Å². The van der Waals surface area contributed by atoms with Crippen molar-refractivity contribution in [3.63, 3.8) is 0 Å². The van der Waals surface area contributed by atoms with Crippen LogP contribution in [0.15, 0.2) is 41.3 Å². The first-order valence-corrected chi connectivity index (χ1v) is 8.52. The largest absolute Gasteiger partial charge is 0.472 e. The molecule has 8 heteroatoms. The summed E-state index contributed by atoms with van der Waals surface area (Å²) >= 11 is 0. The molecule has 1 aliphatic heterocycles. The highest BCUT2D eigenvalue weighted by molar-refractivity contribution is 5.97. The van der Waals surface area contributed by atoms with Crippen LogP contribution in [0.4, 0.5) is 5.82 Å². The number of amides is 2. The number of rotatable bonds is 6. The second-order valence-corrected chi connectivity index (χ2v) is 6.05. The van der Waals surface area contributed by atoms with Crippen molar-refractivity contribution in [1.29, 1.82) is 0 Å². The number of pyridine rings is 1. The predicted octanol–water partition coefficient (Wildman–Crippen LogP) is 0.946. The molecule has 1 aliphatic rings. The van der Waals surface area contributed by atoms with E-state index in [1.807, 2.05) is 12.1 Å². The molecule has 138 valence electrons. The van der Waals surface area contributed by atoms with E-state index in [0.29, 0.717) is 25.3 Å². The molecule has 1 saturated heterocycles. The molecular weight excluding hydrogens is 336 g/mol. The standard InChI is InChI=1S/C18H22N4O4/c1-13(21-18(24)15-3-7-26-12-15)17(23)20-11-14-2-4-19-16(10-14)22-5-8-25-9-6-22/h2-4,7,10,12-13H,5-6,8-9,11H2,1H3,(H,20,23)(H,21,24)/t13-/m0/s1. The van der Waals surface area contributed by atoms with Crippen LogP contribution in [-0.2, 0) is 16.1 Å². The summed E-state index contributed by atoms with van der Waals surface area (Å²) in [6.07, 6.45) is 4.48. The van der Waals surface area contributed by atoms with E-state index in [2.05, 4.69) is 20.5 Å². The monoisotopic (exact) mass is 358 g/mol. The fourth-order valence-corrected chi connectivity index (χ4v) is 2.62. The first kappa shape index (κ1) is 17.9. The maximum absolute atomic E-state index is 12.2. The summed E-state index contributed by atoms with van der Waals surface area (Å²) in [6, 6.07) is 4.71. The summed E-state index contributed by atoms with van der Waals surface area (Å²) < 4.78 is 10.2. The molecule has 2 aromatic rings. The number of nitrogens with one attached hydrogen (secondary N) is 2. The van der Waals surface area contributed by atoms with Crippen molar-refractivity contribution in [2.75, 3.05) is 31.2 Å². The smallest absolute Gasteiger partial charge is 0.255 e. The van der Waals surface area contributed by atoms with Gasteiger partial charge in [-0.25, -0.2) is 4.98 Å². The van der Waals surface area contributed by atoms with Gasteiger partial charge in [0.15, 0.2) is 0 Å². The molecule has 0 radical (unpaired) electrons. The molecule has 0 spiro atoms. The third-order valence-electron chi connectivity index (χ3n) is 4.14. The number of hydrogen-bond acceptors (Lipinski definition) is 6. The van der Waals surface area contributed by atoms with Crippen molar-refractivity contribution in [2.24, 2.45) is 0 Å². The van der Waals surface area contributed by atoms with Crippen LogP contribution in [0.5, 0.6) is 0 Å². The van der Waals surface area contributed by atoms with Gasteiger partial charge in [-0.3, -0.25) is 9.59 Å². The van der Waals surface area contributed by atoms with E-state index >= 15 is 0 Å². The Hall–Kier alpha value is -2.87. The van der Waals surface area contributed by atoms with Crippen molar-refractivity contribution in [1.82, 2.24) is 15.6 Å². The lowest BCUT2D eigenvalue weighted by Gasteiger charge is -2.28. The van der Waals surface area contributed by atoms with Gasteiger partial charge in [0.25, 0.3) is 5.91 Å². The highest BCUT2D eigenvalue weighted by Crippen LogP contribution is 2.14. The van der Waals surface area contributed by atoms with Gasteiger partial charge in [0.05, 0.1) is 25.0 Å². The number of ether oxygens (including phenoxy) is 1. The Kier molecular flexibility index (Phi) is 5.85. The maximum atomic E-state index is 12.2. The average molecular weight is 358 g/mol. The Bertz CT molecular complexity index is 741. The summed E-state index contributed by atoms with van der Waals surface area (Å²) in [5, 5.41) is 5.47. The Morgan fingerprint density at radius 1 is 1.31 bits per heavy atom. The number of carbonyl (C=O) groups is 2. The number of furan rings is 1. The molecule has 3 rings (SSSR count). The van der Waals surface area contributed by atoms with E-state index < -0.39 is 6.04 Å². The normalized spacial score (nSPS) is 15.3. The Balaban J connectivity index is 1.51. The molecule has 0 bridgehead atoms. The molecule has 0 aromatic carbocycles. The highest BCUT2D eigenvalue weighted by Gasteiger charge is 2.17. The lowest BCUT2D eigenvalue weighted by atomic mass is 10.2. The van der Waals surface area contributed by atoms with Gasteiger partial charge >= 0.3 is 0 Å². The molecule has 0 saturated carbocycles. The second kappa shape index (κ2) is 8.48. The van der Waals surface area contributed by atoms with E-state index in [0.717, 1.165) is 24.5 Å². The Morgan fingerprint density at radius 3 is 2.85 bits per heavy atom. The van der Waals surface area contributed by atoms with Crippen LogP contribution in [0, 0.1) is 0 Å². The van der Waals surface area contributed by atoms with Gasteiger partial charge < -0.3 is 24.7 Å². The molecule has 2 aromatic heterocycles. The first-order valence-electron chi connectivity index (χ1n) is 8.52. The number of morpholine rings is 1. The molecule has 0 unspecified atom stereocenters. The van der Waals surface area contributed by atoms with E-state index in [-0.39, 0.29) is 11.8 Å². The van der Waals surface area contributed by atoms with E-state index in [1.165, 1.54) is 12.5 Å². The van der Waals surface area contributed by atoms with E-state index in [9.17, 15) is 9.59 Å². The van der Waals surface area contributed by atoms with E-state index in [1.54, 1.807) is 19.2 Å². The van der Waals surface area contributed by atoms with Gasteiger partial charge in [-0.05, 0) is 30.7 Å². The molecule has 3 heterocycles. The summed E-state index contributed by atoms with van der Waals surface area (Å²) in [4.78, 5) is 30.7. The zero-order valence-electron chi connectivity index (χ0n) is 14.6. The van der Waals surface area contributed by atoms with Crippen molar-refractivity contribution in [2.45, 2.75) is 19.5 Å². The van der Waals surface area contributed by atoms with E-state index in [4.69, 9.17) is 9.15 Å². The van der Waals surface area contributed by atoms with Crippen LogP contribution >= 0.6 is 0 Å². The molecule has 0 aliphatic carbocycles. The molecular formula is C18H22N4O4. The third kappa shape index (κ3) is 4.60. The SMILES string of the molecule is C[C@H](NC(=O)c1ccoc1)C(=O)NCc1ccnc(N2CCOCC2)c1. The van der Waals surface area contributed by atoms with Crippen LogP contribution in [-0.4, -0.2) is 49.1 Å². The van der Waals surface area contributed by atoms with Crippen molar-refractivity contribution >= 4 is 17.6 Å². The van der Waals surface area contributed by atoms with Gasteiger partial charge in [-0.1, -0.05) is 0 Å². The summed E-state index contributed by atoms with van der Waals surface area (Å²) in [7, 11) is 0. The van der Waals surface area contributed by atoms with Crippen molar-refractivity contribution < 1.29 is 18.7 Å². The molecule has 1 atom stereocenters. The van der Waals surface area contributed by atoms with Crippen LogP contribution < -0.4 is 15.5 Å². The fraction of sp³-hybridized carbons (Fsp3) is 0.389. The topological polar surface area (TPSA) is 96.7 Å². The minimum atomic E-state index is -0.655. The summed E-state index contributed by atoms with van der Waals surface area (Å²) in [6.45, 7) is 5.00. The molecule has 2 N–H and O–H groups in total. The second-order valence-electron chi connectivity index (χ2n) is 6.05. The Labute approximate surface area is 151 Å². The van der Waals surface area contributed by atoms with Gasteiger partial charge in [0.2, 0.25) is 5.91 Å². The minimum absolute atomic E-state index is 0.258. The number of nitrogens with zero attached hydrogens (tertiary/aromatic N) is 2. The number of hydrogen-bond donors (Lipinski definition) is 2. The van der Waals surface area contributed by atoms with Crippen LogP contribution in [0.25, 0.3) is 0 Å². The first-order chi connectivity index (χ1) is 12.6. The fourth-order valence-electron chi connectivity index (χ4n) is 2.62. The number of aromatic nitrogens is 1. The Morgan fingerprint density at radius 2 is 2.12 bits per heavy atom. The maximum Gasteiger partial charge on any atom is 0.255 e. The van der Waals surface area contributed by atoms with Gasteiger partial charge in [0, 0.05) is 25.8 Å². The molecule has 8 nitrogen and oxygen atoms in total. The molecule has 1 fully saturated rings. The predicted molar refractivity (Wildman–Crippen MR) is 94.8 cm³/mol. The van der Waals surface area contributed by atoms with Crippen molar-refractivity contribution in [3.05, 3.63) is 48.0 Å². The quantitative estimate of drug-likeness (QED) is 0.798. The molecule has 26 heavy (non-hydrogen) atoms. The highest BCUT2D eigenvalue weighted by atomic mass is 16.5. The van der Waals surface area contributed by atoms with Crippen LogP contribution in [0.1, 0.15) is 22.8 Å². The third-order valence-corrected chi connectivity index (χ3v) is 4.14. The lowest BCUT2D eigenvalue weighted by Crippen LogP contribution is -2.44. The lowest BCUT2D eigenvalue weighted by molar-refractivity contribution is -0.122. The average Bonchev–Trinajstić information content (AvgIpc) is 3.22. The minimum Gasteiger partial charge on any atom is -0.472 e.